The topological polar surface area (TPSA) is 56.5 Å². The second-order valence-corrected chi connectivity index (χ2v) is 3.53. The molecule has 5 heteroatoms. The first kappa shape index (κ1) is 9.64. The van der Waals surface area contributed by atoms with Gasteiger partial charge in [-0.25, -0.2) is 4.98 Å². The molecule has 0 bridgehead atoms. The zero-order valence-electron chi connectivity index (χ0n) is 8.14. The summed E-state index contributed by atoms with van der Waals surface area (Å²) in [4.78, 5) is 3.96. The van der Waals surface area contributed by atoms with Crippen molar-refractivity contribution in [2.24, 2.45) is 7.05 Å². The molecule has 0 aliphatic carbocycles. The lowest BCUT2D eigenvalue weighted by molar-refractivity contribution is -0.0647. The first-order valence-electron chi connectivity index (χ1n) is 4.57. The van der Waals surface area contributed by atoms with E-state index in [0.717, 1.165) is 5.69 Å². The second-order valence-electron chi connectivity index (χ2n) is 3.53. The number of imidazole rings is 1. The van der Waals surface area contributed by atoms with Gasteiger partial charge in [0.05, 0.1) is 44.6 Å². The van der Waals surface area contributed by atoms with Gasteiger partial charge in [0.15, 0.2) is 5.60 Å². The van der Waals surface area contributed by atoms with E-state index in [1.807, 2.05) is 7.05 Å². The maximum absolute atomic E-state index is 10.3. The lowest BCUT2D eigenvalue weighted by Gasteiger charge is -2.25. The average molecular weight is 198 g/mol. The summed E-state index contributed by atoms with van der Waals surface area (Å²) in [6, 6.07) is 0. The number of aromatic nitrogens is 2. The molecule has 0 radical (unpaired) electrons. The maximum atomic E-state index is 10.3. The van der Waals surface area contributed by atoms with Crippen LogP contribution in [0.5, 0.6) is 0 Å². The van der Waals surface area contributed by atoms with E-state index in [-0.39, 0.29) is 13.2 Å². The van der Waals surface area contributed by atoms with Gasteiger partial charge in [0.1, 0.15) is 0 Å². The first-order chi connectivity index (χ1) is 6.72. The zero-order valence-corrected chi connectivity index (χ0v) is 8.14. The van der Waals surface area contributed by atoms with Gasteiger partial charge < -0.3 is 19.1 Å². The summed E-state index contributed by atoms with van der Waals surface area (Å²) < 4.78 is 12.3. The average Bonchev–Trinajstić information content (AvgIpc) is 2.46. The van der Waals surface area contributed by atoms with Crippen LogP contribution in [0, 0.1) is 0 Å². The third-order valence-corrected chi connectivity index (χ3v) is 2.35. The summed E-state index contributed by atoms with van der Waals surface area (Å²) in [6.07, 6.45) is 3.29. The molecule has 0 amide bonds. The van der Waals surface area contributed by atoms with Crippen molar-refractivity contribution in [3.63, 3.8) is 0 Å². The summed E-state index contributed by atoms with van der Waals surface area (Å²) in [5, 5.41) is 10.3. The largest absolute Gasteiger partial charge is 0.379 e. The zero-order chi connectivity index (χ0) is 10.0. The summed E-state index contributed by atoms with van der Waals surface area (Å²) in [6.45, 7) is 1.57. The number of hydrogen-bond acceptors (Lipinski definition) is 4. The summed E-state index contributed by atoms with van der Waals surface area (Å²) >= 11 is 0. The van der Waals surface area contributed by atoms with E-state index in [1.54, 1.807) is 17.1 Å². The van der Waals surface area contributed by atoms with Crippen molar-refractivity contribution in [2.75, 3.05) is 26.4 Å². The normalized spacial score (nSPS) is 21.9. The lowest BCUT2D eigenvalue weighted by Crippen LogP contribution is -2.36. The summed E-state index contributed by atoms with van der Waals surface area (Å²) in [5.74, 6) is 0. The molecular weight excluding hydrogens is 184 g/mol. The highest BCUT2D eigenvalue weighted by atomic mass is 16.6. The molecule has 2 heterocycles. The molecule has 78 valence electrons. The molecule has 1 aromatic heterocycles. The molecule has 0 saturated carbocycles. The number of nitrogens with zero attached hydrogens (tertiary/aromatic N) is 2. The molecule has 0 unspecified atom stereocenters. The Balaban J connectivity index is 2.25. The van der Waals surface area contributed by atoms with E-state index in [4.69, 9.17) is 9.47 Å². The van der Waals surface area contributed by atoms with E-state index in [9.17, 15) is 5.11 Å². The van der Waals surface area contributed by atoms with Crippen molar-refractivity contribution >= 4 is 0 Å². The minimum Gasteiger partial charge on any atom is -0.379 e. The van der Waals surface area contributed by atoms with E-state index in [1.165, 1.54) is 0 Å². The van der Waals surface area contributed by atoms with E-state index >= 15 is 0 Å². The van der Waals surface area contributed by atoms with Crippen LogP contribution in [0.25, 0.3) is 0 Å². The summed E-state index contributed by atoms with van der Waals surface area (Å²) in [5.41, 5.74) is -0.346. The molecule has 0 aromatic carbocycles. The van der Waals surface area contributed by atoms with Crippen molar-refractivity contribution < 1.29 is 14.6 Å². The first-order valence-corrected chi connectivity index (χ1v) is 4.57. The highest BCUT2D eigenvalue weighted by Gasteiger charge is 2.34. The van der Waals surface area contributed by atoms with E-state index in [0.29, 0.717) is 13.2 Å². The molecule has 2 rings (SSSR count). The number of aliphatic hydroxyl groups is 1. The Labute approximate surface area is 82.3 Å². The van der Waals surface area contributed by atoms with Crippen molar-refractivity contribution in [1.29, 1.82) is 0 Å². The van der Waals surface area contributed by atoms with E-state index < -0.39 is 5.60 Å². The molecule has 5 nitrogen and oxygen atoms in total. The highest BCUT2D eigenvalue weighted by Crippen LogP contribution is 2.22. The number of aryl methyl sites for hydroxylation is 1. The van der Waals surface area contributed by atoms with Crippen LogP contribution in [0.3, 0.4) is 0 Å². The van der Waals surface area contributed by atoms with Gasteiger partial charge in [0, 0.05) is 7.05 Å². The van der Waals surface area contributed by atoms with Gasteiger partial charge in [0.2, 0.25) is 0 Å². The lowest BCUT2D eigenvalue weighted by atomic mass is 10.0. The summed E-state index contributed by atoms with van der Waals surface area (Å²) in [7, 11) is 1.84. The van der Waals surface area contributed by atoms with Crippen LogP contribution in [-0.2, 0) is 22.1 Å². The number of rotatable bonds is 1. The monoisotopic (exact) mass is 198 g/mol. The Morgan fingerprint density at radius 3 is 2.57 bits per heavy atom. The van der Waals surface area contributed by atoms with Crippen LogP contribution in [0.4, 0.5) is 0 Å². The Morgan fingerprint density at radius 2 is 2.07 bits per heavy atom. The third kappa shape index (κ3) is 1.66. The Bertz CT molecular complexity index is 303. The van der Waals surface area contributed by atoms with Gasteiger partial charge in [-0.15, -0.1) is 0 Å². The van der Waals surface area contributed by atoms with Gasteiger partial charge >= 0.3 is 0 Å². The Hall–Kier alpha value is -0.910. The molecule has 1 aromatic rings. The van der Waals surface area contributed by atoms with Crippen LogP contribution >= 0.6 is 0 Å². The Kier molecular flexibility index (Phi) is 2.54. The quantitative estimate of drug-likeness (QED) is 0.670. The minimum atomic E-state index is -1.07. The van der Waals surface area contributed by atoms with Crippen LogP contribution in [-0.4, -0.2) is 41.1 Å². The molecule has 1 aliphatic heterocycles. The number of hydrogen-bond donors (Lipinski definition) is 1. The van der Waals surface area contributed by atoms with Crippen LogP contribution in [0.2, 0.25) is 0 Å². The van der Waals surface area contributed by atoms with Crippen LogP contribution in [0.1, 0.15) is 5.69 Å². The fourth-order valence-corrected chi connectivity index (χ4v) is 1.60. The van der Waals surface area contributed by atoms with Gasteiger partial charge in [-0.1, -0.05) is 0 Å². The minimum absolute atomic E-state index is 0.256. The third-order valence-electron chi connectivity index (χ3n) is 2.35. The fourth-order valence-electron chi connectivity index (χ4n) is 1.60. The second kappa shape index (κ2) is 3.68. The van der Waals surface area contributed by atoms with Crippen molar-refractivity contribution in [1.82, 2.24) is 9.55 Å². The fraction of sp³-hybridized carbons (Fsp3) is 0.667. The van der Waals surface area contributed by atoms with Crippen molar-refractivity contribution in [3.05, 3.63) is 18.2 Å². The van der Waals surface area contributed by atoms with Gasteiger partial charge in [-0.2, -0.15) is 0 Å². The van der Waals surface area contributed by atoms with Crippen LogP contribution in [0.15, 0.2) is 12.5 Å². The molecular formula is C9H14N2O3. The van der Waals surface area contributed by atoms with Crippen LogP contribution < -0.4 is 0 Å². The molecule has 1 saturated heterocycles. The molecule has 1 fully saturated rings. The maximum Gasteiger partial charge on any atom is 0.152 e. The van der Waals surface area contributed by atoms with Crippen molar-refractivity contribution in [3.8, 4) is 0 Å². The highest BCUT2D eigenvalue weighted by molar-refractivity contribution is 5.10. The number of ether oxygens (including phenoxy) is 2. The predicted molar refractivity (Wildman–Crippen MR) is 48.7 cm³/mol. The van der Waals surface area contributed by atoms with Crippen molar-refractivity contribution in [2.45, 2.75) is 5.60 Å². The van der Waals surface area contributed by atoms with Gasteiger partial charge in [0.25, 0.3) is 0 Å². The van der Waals surface area contributed by atoms with Gasteiger partial charge in [-0.3, -0.25) is 0 Å². The standard InChI is InChI=1S/C9H14N2O3/c1-11-7-10-4-8(11)9(12)5-13-2-3-14-6-9/h4,7,12H,2-3,5-6H2,1H3. The molecule has 1 N–H and O–H groups in total. The Morgan fingerprint density at radius 1 is 1.43 bits per heavy atom. The molecule has 0 atom stereocenters. The van der Waals surface area contributed by atoms with E-state index in [2.05, 4.69) is 4.98 Å². The van der Waals surface area contributed by atoms with Gasteiger partial charge in [-0.05, 0) is 0 Å². The SMILES string of the molecule is Cn1cncc1C1(O)COCCOC1. The smallest absolute Gasteiger partial charge is 0.152 e. The predicted octanol–water partition coefficient (Wildman–Crippen LogP) is -0.346. The molecule has 14 heavy (non-hydrogen) atoms. The molecule has 1 aliphatic rings. The molecule has 0 spiro atoms.